The van der Waals surface area contributed by atoms with E-state index in [1.807, 2.05) is 36.4 Å². The summed E-state index contributed by atoms with van der Waals surface area (Å²) < 4.78 is 16.6. The van der Waals surface area contributed by atoms with Crippen LogP contribution in [0.4, 0.5) is 0 Å². The van der Waals surface area contributed by atoms with Crippen LogP contribution in [0, 0.1) is 0 Å². The molecule has 0 unspecified atom stereocenters. The zero-order valence-corrected chi connectivity index (χ0v) is 14.5. The van der Waals surface area contributed by atoms with E-state index in [1.54, 1.807) is 19.3 Å². The first-order valence-corrected chi connectivity index (χ1v) is 7.73. The molecule has 0 amide bonds. The van der Waals surface area contributed by atoms with Crippen molar-refractivity contribution in [2.75, 3.05) is 14.2 Å². The smallest absolute Gasteiger partial charge is 0.330 e. The van der Waals surface area contributed by atoms with Crippen LogP contribution in [0.15, 0.2) is 53.0 Å². The summed E-state index contributed by atoms with van der Waals surface area (Å²) in [4.78, 5) is 11.2. The van der Waals surface area contributed by atoms with E-state index in [2.05, 4.69) is 20.7 Å². The lowest BCUT2D eigenvalue weighted by Crippen LogP contribution is -1.99. The van der Waals surface area contributed by atoms with E-state index in [1.165, 1.54) is 13.2 Å². The van der Waals surface area contributed by atoms with Gasteiger partial charge in [0, 0.05) is 6.08 Å². The number of methoxy groups -OCH3 is 2. The Bertz CT molecular complexity index is 696. The molecule has 5 heteroatoms. The van der Waals surface area contributed by atoms with Crippen molar-refractivity contribution in [2.45, 2.75) is 6.61 Å². The second kappa shape index (κ2) is 8.39. The molecule has 4 nitrogen and oxygen atoms in total. The maximum atomic E-state index is 11.2. The van der Waals surface area contributed by atoms with Crippen LogP contribution in [0.5, 0.6) is 11.5 Å². The van der Waals surface area contributed by atoms with Crippen molar-refractivity contribution in [3.8, 4) is 11.5 Å². The summed E-state index contributed by atoms with van der Waals surface area (Å²) in [7, 11) is 2.91. The molecule has 120 valence electrons. The summed E-state index contributed by atoms with van der Waals surface area (Å²) in [5.74, 6) is 0.788. The van der Waals surface area contributed by atoms with Gasteiger partial charge in [0.25, 0.3) is 0 Å². The van der Waals surface area contributed by atoms with Gasteiger partial charge in [-0.3, -0.25) is 0 Å². The minimum atomic E-state index is -0.413. The molecule has 0 aliphatic rings. The Balaban J connectivity index is 2.19. The van der Waals surface area contributed by atoms with Crippen molar-refractivity contribution in [1.82, 2.24) is 0 Å². The molecule has 0 fully saturated rings. The van der Waals surface area contributed by atoms with Gasteiger partial charge >= 0.3 is 5.97 Å². The van der Waals surface area contributed by atoms with Crippen molar-refractivity contribution in [3.05, 3.63) is 64.1 Å². The number of rotatable bonds is 6. The van der Waals surface area contributed by atoms with Crippen LogP contribution in [0.2, 0.25) is 0 Å². The van der Waals surface area contributed by atoms with Crippen LogP contribution in [0.1, 0.15) is 11.1 Å². The predicted octanol–water partition coefficient (Wildman–Crippen LogP) is 4.22. The predicted molar refractivity (Wildman–Crippen MR) is 92.5 cm³/mol. The quantitative estimate of drug-likeness (QED) is 0.559. The Hall–Kier alpha value is -2.27. The molecule has 23 heavy (non-hydrogen) atoms. The third kappa shape index (κ3) is 4.86. The maximum absolute atomic E-state index is 11.2. The van der Waals surface area contributed by atoms with Gasteiger partial charge in [0.2, 0.25) is 0 Å². The van der Waals surface area contributed by atoms with E-state index >= 15 is 0 Å². The number of carbonyl (C=O) groups is 1. The number of ether oxygens (including phenoxy) is 3. The molecule has 2 aromatic carbocycles. The summed E-state index contributed by atoms with van der Waals surface area (Å²) in [6, 6.07) is 13.5. The highest BCUT2D eigenvalue weighted by Gasteiger charge is 2.11. The minimum Gasteiger partial charge on any atom is -0.493 e. The number of carbonyl (C=O) groups excluding carboxylic acids is 1. The first-order valence-electron chi connectivity index (χ1n) is 6.94. The highest BCUT2D eigenvalue weighted by atomic mass is 79.9. The minimum absolute atomic E-state index is 0.413. The molecular formula is C18H17BrO4. The topological polar surface area (TPSA) is 44.8 Å². The van der Waals surface area contributed by atoms with E-state index in [0.717, 1.165) is 15.6 Å². The van der Waals surface area contributed by atoms with Gasteiger partial charge in [-0.25, -0.2) is 4.79 Å². The van der Waals surface area contributed by atoms with E-state index in [4.69, 9.17) is 9.47 Å². The average molecular weight is 377 g/mol. The Kier molecular flexibility index (Phi) is 6.23. The van der Waals surface area contributed by atoms with E-state index in [0.29, 0.717) is 18.1 Å². The second-order valence-corrected chi connectivity index (χ2v) is 5.52. The number of esters is 1. The van der Waals surface area contributed by atoms with Crippen LogP contribution in [-0.2, 0) is 16.1 Å². The molecule has 0 saturated carbocycles. The second-order valence-electron chi connectivity index (χ2n) is 4.66. The van der Waals surface area contributed by atoms with Gasteiger partial charge in [0.1, 0.15) is 6.61 Å². The molecule has 0 aliphatic carbocycles. The first-order chi connectivity index (χ1) is 11.1. The van der Waals surface area contributed by atoms with Gasteiger partial charge in [-0.2, -0.15) is 0 Å². The molecule has 0 aliphatic heterocycles. The molecule has 0 N–H and O–H groups in total. The van der Waals surface area contributed by atoms with Gasteiger partial charge in [0.15, 0.2) is 11.5 Å². The molecule has 0 atom stereocenters. The fourth-order valence-electron chi connectivity index (χ4n) is 1.94. The van der Waals surface area contributed by atoms with Crippen LogP contribution in [0.25, 0.3) is 6.08 Å². The lowest BCUT2D eigenvalue weighted by molar-refractivity contribution is -0.134. The molecule has 0 aromatic heterocycles. The summed E-state index contributed by atoms with van der Waals surface area (Å²) in [6.07, 6.45) is 3.01. The van der Waals surface area contributed by atoms with Gasteiger partial charge in [-0.1, -0.05) is 30.3 Å². The van der Waals surface area contributed by atoms with Crippen LogP contribution in [-0.4, -0.2) is 20.2 Å². The number of halogens is 1. The Morgan fingerprint density at radius 2 is 1.91 bits per heavy atom. The molecule has 0 radical (unpaired) electrons. The van der Waals surface area contributed by atoms with Gasteiger partial charge in [-0.15, -0.1) is 0 Å². The summed E-state index contributed by atoms with van der Waals surface area (Å²) in [5, 5.41) is 0. The van der Waals surface area contributed by atoms with Gasteiger partial charge in [0.05, 0.1) is 18.7 Å². The zero-order valence-electron chi connectivity index (χ0n) is 12.9. The monoisotopic (exact) mass is 376 g/mol. The zero-order chi connectivity index (χ0) is 16.7. The van der Waals surface area contributed by atoms with E-state index in [9.17, 15) is 4.79 Å². The van der Waals surface area contributed by atoms with E-state index < -0.39 is 5.97 Å². The number of benzene rings is 2. The third-order valence-corrected chi connectivity index (χ3v) is 3.68. The van der Waals surface area contributed by atoms with Crippen molar-refractivity contribution < 1.29 is 19.0 Å². The molecular weight excluding hydrogens is 360 g/mol. The summed E-state index contributed by atoms with van der Waals surface area (Å²) in [5.41, 5.74) is 1.86. The highest BCUT2D eigenvalue weighted by molar-refractivity contribution is 9.10. The maximum Gasteiger partial charge on any atom is 0.330 e. The van der Waals surface area contributed by atoms with Gasteiger partial charge in [-0.05, 0) is 45.3 Å². The first kappa shape index (κ1) is 17.1. The number of hydrogen-bond donors (Lipinski definition) is 0. The molecule has 0 bridgehead atoms. The Labute approximate surface area is 143 Å². The SMILES string of the molecule is COC(=O)/C=C/c1cc(Br)c(OCc2ccccc2)c(OC)c1. The largest absolute Gasteiger partial charge is 0.493 e. The Morgan fingerprint density at radius 1 is 1.17 bits per heavy atom. The van der Waals surface area contributed by atoms with Gasteiger partial charge < -0.3 is 14.2 Å². The summed E-state index contributed by atoms with van der Waals surface area (Å²) >= 11 is 3.48. The third-order valence-electron chi connectivity index (χ3n) is 3.09. The lowest BCUT2D eigenvalue weighted by atomic mass is 10.2. The number of hydrogen-bond acceptors (Lipinski definition) is 4. The normalized spacial score (nSPS) is 10.6. The van der Waals surface area contributed by atoms with Crippen molar-refractivity contribution in [1.29, 1.82) is 0 Å². The summed E-state index contributed by atoms with van der Waals surface area (Å²) in [6.45, 7) is 0.438. The van der Waals surface area contributed by atoms with Crippen molar-refractivity contribution in [3.63, 3.8) is 0 Å². The average Bonchev–Trinajstić information content (AvgIpc) is 2.59. The highest BCUT2D eigenvalue weighted by Crippen LogP contribution is 2.37. The van der Waals surface area contributed by atoms with Crippen LogP contribution >= 0.6 is 15.9 Å². The Morgan fingerprint density at radius 3 is 2.57 bits per heavy atom. The van der Waals surface area contributed by atoms with Crippen molar-refractivity contribution in [2.24, 2.45) is 0 Å². The molecule has 0 heterocycles. The lowest BCUT2D eigenvalue weighted by Gasteiger charge is -2.13. The fraction of sp³-hybridized carbons (Fsp3) is 0.167. The van der Waals surface area contributed by atoms with Crippen molar-refractivity contribution >= 4 is 28.0 Å². The molecule has 0 spiro atoms. The van der Waals surface area contributed by atoms with Crippen LogP contribution in [0.3, 0.4) is 0 Å². The standard InChI is InChI=1S/C18H17BrO4/c1-21-16-11-14(8-9-17(20)22-2)10-15(19)18(16)23-12-13-6-4-3-5-7-13/h3-11H,12H2,1-2H3/b9-8+. The fourth-order valence-corrected chi connectivity index (χ4v) is 2.51. The van der Waals surface area contributed by atoms with E-state index in [-0.39, 0.29) is 0 Å². The molecule has 2 rings (SSSR count). The molecule has 0 saturated heterocycles. The van der Waals surface area contributed by atoms with Crippen LogP contribution < -0.4 is 9.47 Å². The molecule has 2 aromatic rings.